The molecule has 0 fully saturated rings. The summed E-state index contributed by atoms with van der Waals surface area (Å²) in [6.07, 6.45) is 0. The molecule has 3 rings (SSSR count). The highest BCUT2D eigenvalue weighted by atomic mass is 32.1. The van der Waals surface area contributed by atoms with Crippen molar-refractivity contribution in [2.75, 3.05) is 13.1 Å². The van der Waals surface area contributed by atoms with E-state index in [9.17, 15) is 9.59 Å². The van der Waals surface area contributed by atoms with Crippen molar-refractivity contribution in [3.8, 4) is 9.88 Å². The molecule has 118 valence electrons. The van der Waals surface area contributed by atoms with Gasteiger partial charge in [0.15, 0.2) is 0 Å². The van der Waals surface area contributed by atoms with Crippen molar-refractivity contribution < 1.29 is 9.59 Å². The van der Waals surface area contributed by atoms with E-state index < -0.39 is 0 Å². The van der Waals surface area contributed by atoms with Gasteiger partial charge in [-0.2, -0.15) is 0 Å². The van der Waals surface area contributed by atoms with Gasteiger partial charge < -0.3 is 10.6 Å². The smallest absolute Gasteiger partial charge is 0.261 e. The van der Waals surface area contributed by atoms with E-state index in [0.29, 0.717) is 18.0 Å². The number of carbonyl (C=O) groups is 2. The minimum atomic E-state index is -0.132. The van der Waals surface area contributed by atoms with Gasteiger partial charge in [-0.05, 0) is 24.3 Å². The lowest BCUT2D eigenvalue weighted by atomic mass is 10.3. The maximum absolute atomic E-state index is 12.1. The zero-order valence-corrected chi connectivity index (χ0v) is 14.1. The standard InChI is InChI=1S/C16H15N3O2S2/c1-10(20)17-8-9-18-15(21)13-6-7-14(22-13)16-19-11-4-2-3-5-12(11)23-16/h2-7H,8-9H2,1H3,(H,17,20)(H,18,21). The molecule has 0 bridgehead atoms. The molecule has 0 aliphatic heterocycles. The summed E-state index contributed by atoms with van der Waals surface area (Å²) in [5.74, 6) is -0.235. The van der Waals surface area contributed by atoms with Crippen LogP contribution in [0.1, 0.15) is 16.6 Å². The molecule has 2 N–H and O–H groups in total. The van der Waals surface area contributed by atoms with Crippen molar-refractivity contribution in [1.82, 2.24) is 15.6 Å². The van der Waals surface area contributed by atoms with Crippen molar-refractivity contribution in [2.45, 2.75) is 6.92 Å². The molecular formula is C16H15N3O2S2. The second-order valence-corrected chi connectivity index (χ2v) is 7.00. The molecule has 2 heterocycles. The first-order valence-electron chi connectivity index (χ1n) is 7.12. The van der Waals surface area contributed by atoms with E-state index in [-0.39, 0.29) is 11.8 Å². The third-order valence-corrected chi connectivity index (χ3v) is 5.41. The Kier molecular flexibility index (Phi) is 4.68. The Hall–Kier alpha value is -2.25. The molecular weight excluding hydrogens is 330 g/mol. The van der Waals surface area contributed by atoms with Crippen LogP contribution in [0.3, 0.4) is 0 Å². The van der Waals surface area contributed by atoms with E-state index >= 15 is 0 Å². The molecule has 2 aromatic heterocycles. The van der Waals surface area contributed by atoms with Gasteiger partial charge in [0.2, 0.25) is 5.91 Å². The van der Waals surface area contributed by atoms with Gasteiger partial charge >= 0.3 is 0 Å². The third-order valence-electron chi connectivity index (χ3n) is 3.12. The minimum Gasteiger partial charge on any atom is -0.355 e. The highest BCUT2D eigenvalue weighted by molar-refractivity contribution is 7.26. The van der Waals surface area contributed by atoms with E-state index in [1.165, 1.54) is 18.3 Å². The number of rotatable bonds is 5. The third kappa shape index (κ3) is 3.75. The van der Waals surface area contributed by atoms with Crippen LogP contribution in [-0.2, 0) is 4.79 Å². The highest BCUT2D eigenvalue weighted by Gasteiger charge is 2.12. The van der Waals surface area contributed by atoms with Gasteiger partial charge in [0, 0.05) is 20.0 Å². The SMILES string of the molecule is CC(=O)NCCNC(=O)c1ccc(-c2nc3ccccc3s2)s1. The number of benzene rings is 1. The van der Waals surface area contributed by atoms with E-state index in [4.69, 9.17) is 0 Å². The topological polar surface area (TPSA) is 71.1 Å². The zero-order valence-electron chi connectivity index (χ0n) is 12.5. The van der Waals surface area contributed by atoms with Gasteiger partial charge in [-0.1, -0.05) is 12.1 Å². The molecule has 0 saturated heterocycles. The first-order valence-corrected chi connectivity index (χ1v) is 8.75. The average Bonchev–Trinajstić information content (AvgIpc) is 3.17. The minimum absolute atomic E-state index is 0.103. The molecule has 7 heteroatoms. The Morgan fingerprint density at radius 1 is 1.04 bits per heavy atom. The van der Waals surface area contributed by atoms with Crippen molar-refractivity contribution in [2.24, 2.45) is 0 Å². The van der Waals surface area contributed by atoms with Gasteiger partial charge in [-0.25, -0.2) is 4.98 Å². The maximum atomic E-state index is 12.1. The highest BCUT2D eigenvalue weighted by Crippen LogP contribution is 2.34. The Morgan fingerprint density at radius 2 is 1.83 bits per heavy atom. The number of thiazole rings is 1. The fourth-order valence-electron chi connectivity index (χ4n) is 2.05. The lowest BCUT2D eigenvalue weighted by molar-refractivity contribution is -0.118. The largest absolute Gasteiger partial charge is 0.355 e. The number of hydrogen-bond acceptors (Lipinski definition) is 5. The van der Waals surface area contributed by atoms with Crippen LogP contribution in [0.25, 0.3) is 20.1 Å². The number of nitrogens with zero attached hydrogens (tertiary/aromatic N) is 1. The first kappa shape index (κ1) is 15.6. The van der Waals surface area contributed by atoms with Gasteiger partial charge in [0.1, 0.15) is 5.01 Å². The molecule has 0 aliphatic rings. The molecule has 5 nitrogen and oxygen atoms in total. The molecule has 3 aromatic rings. The van der Waals surface area contributed by atoms with Crippen molar-refractivity contribution >= 4 is 44.7 Å². The van der Waals surface area contributed by atoms with Crippen LogP contribution in [0.5, 0.6) is 0 Å². The molecule has 2 amide bonds. The summed E-state index contributed by atoms with van der Waals surface area (Å²) in [5, 5.41) is 6.35. The fraction of sp³-hybridized carbons (Fsp3) is 0.188. The van der Waals surface area contributed by atoms with Crippen LogP contribution < -0.4 is 10.6 Å². The van der Waals surface area contributed by atoms with Gasteiger partial charge in [-0.3, -0.25) is 9.59 Å². The Labute approximate surface area is 141 Å². The summed E-state index contributed by atoms with van der Waals surface area (Å²) in [6.45, 7) is 2.29. The van der Waals surface area contributed by atoms with Crippen LogP contribution in [0, 0.1) is 0 Å². The zero-order chi connectivity index (χ0) is 16.2. The fourth-order valence-corrected chi connectivity index (χ4v) is 4.00. The normalized spacial score (nSPS) is 10.7. The quantitative estimate of drug-likeness (QED) is 0.699. The number of hydrogen-bond donors (Lipinski definition) is 2. The van der Waals surface area contributed by atoms with E-state index in [1.807, 2.05) is 30.3 Å². The number of carbonyl (C=O) groups excluding carboxylic acids is 2. The second kappa shape index (κ2) is 6.89. The molecule has 0 aliphatic carbocycles. The number of aromatic nitrogens is 1. The summed E-state index contributed by atoms with van der Waals surface area (Å²) in [7, 11) is 0. The van der Waals surface area contributed by atoms with Crippen LogP contribution in [-0.4, -0.2) is 29.9 Å². The number of amides is 2. The van der Waals surface area contributed by atoms with Crippen molar-refractivity contribution in [3.63, 3.8) is 0 Å². The molecule has 0 atom stereocenters. The van der Waals surface area contributed by atoms with Crippen LogP contribution in [0.2, 0.25) is 0 Å². The number of fused-ring (bicyclic) bond motifs is 1. The summed E-state index contributed by atoms with van der Waals surface area (Å²) in [5.41, 5.74) is 0.974. The van der Waals surface area contributed by atoms with E-state index in [0.717, 1.165) is 20.1 Å². The van der Waals surface area contributed by atoms with Crippen LogP contribution in [0.15, 0.2) is 36.4 Å². The Balaban J connectivity index is 1.67. The molecule has 0 spiro atoms. The van der Waals surface area contributed by atoms with E-state index in [1.54, 1.807) is 17.4 Å². The van der Waals surface area contributed by atoms with E-state index in [2.05, 4.69) is 15.6 Å². The number of para-hydroxylation sites is 1. The number of nitrogens with one attached hydrogen (secondary N) is 2. The number of thiophene rings is 1. The predicted octanol–water partition coefficient (Wildman–Crippen LogP) is 2.89. The molecule has 0 saturated carbocycles. The molecule has 0 radical (unpaired) electrons. The summed E-state index contributed by atoms with van der Waals surface area (Å²) < 4.78 is 1.14. The lowest BCUT2D eigenvalue weighted by Crippen LogP contribution is -2.33. The average molecular weight is 345 g/mol. The first-order chi connectivity index (χ1) is 11.1. The summed E-state index contributed by atoms with van der Waals surface area (Å²) in [6, 6.07) is 11.7. The summed E-state index contributed by atoms with van der Waals surface area (Å²) in [4.78, 5) is 29.1. The van der Waals surface area contributed by atoms with Crippen LogP contribution in [0.4, 0.5) is 0 Å². The van der Waals surface area contributed by atoms with Crippen molar-refractivity contribution in [1.29, 1.82) is 0 Å². The Bertz CT molecular complexity index is 821. The van der Waals surface area contributed by atoms with Gasteiger partial charge in [0.25, 0.3) is 5.91 Å². The molecule has 23 heavy (non-hydrogen) atoms. The van der Waals surface area contributed by atoms with Crippen LogP contribution >= 0.6 is 22.7 Å². The van der Waals surface area contributed by atoms with Gasteiger partial charge in [0.05, 0.1) is 20.0 Å². The Morgan fingerprint density at radius 3 is 2.61 bits per heavy atom. The monoisotopic (exact) mass is 345 g/mol. The molecule has 1 aromatic carbocycles. The summed E-state index contributed by atoms with van der Waals surface area (Å²) >= 11 is 3.04. The second-order valence-electron chi connectivity index (χ2n) is 4.89. The van der Waals surface area contributed by atoms with Crippen molar-refractivity contribution in [3.05, 3.63) is 41.3 Å². The van der Waals surface area contributed by atoms with Gasteiger partial charge in [-0.15, -0.1) is 22.7 Å². The lowest BCUT2D eigenvalue weighted by Gasteiger charge is -2.03. The predicted molar refractivity (Wildman–Crippen MR) is 93.9 cm³/mol. The maximum Gasteiger partial charge on any atom is 0.261 e. The molecule has 0 unspecified atom stereocenters.